The second-order valence-electron chi connectivity index (χ2n) is 6.14. The maximum absolute atomic E-state index is 12.5. The Hall–Kier alpha value is -3.16. The number of nitrogens with zero attached hydrogens (tertiary/aromatic N) is 3. The molecule has 1 aromatic carbocycles. The second-order valence-corrected chi connectivity index (χ2v) is 6.14. The molecule has 27 heavy (non-hydrogen) atoms. The third-order valence-electron chi connectivity index (χ3n) is 4.20. The van der Waals surface area contributed by atoms with Crippen LogP contribution in [0.4, 0.5) is 0 Å². The van der Waals surface area contributed by atoms with Gasteiger partial charge in [0, 0.05) is 32.3 Å². The van der Waals surface area contributed by atoms with E-state index in [4.69, 9.17) is 9.47 Å². The zero-order chi connectivity index (χ0) is 19.2. The summed E-state index contributed by atoms with van der Waals surface area (Å²) in [6.45, 7) is 5.09. The highest BCUT2D eigenvalue weighted by Crippen LogP contribution is 2.32. The molecule has 0 spiro atoms. The van der Waals surface area contributed by atoms with Crippen LogP contribution in [-0.4, -0.2) is 46.6 Å². The summed E-state index contributed by atoms with van der Waals surface area (Å²) in [6, 6.07) is 5.55. The van der Waals surface area contributed by atoms with Gasteiger partial charge in [-0.3, -0.25) is 14.6 Å². The highest BCUT2D eigenvalue weighted by atomic mass is 16.7. The summed E-state index contributed by atoms with van der Waals surface area (Å²) in [6.07, 6.45) is 3.22. The molecule has 2 aromatic rings. The van der Waals surface area contributed by atoms with E-state index in [0.717, 1.165) is 11.3 Å². The molecule has 1 N–H and O–H groups in total. The smallest absolute Gasteiger partial charge is 0.274 e. The number of rotatable bonds is 7. The van der Waals surface area contributed by atoms with Gasteiger partial charge >= 0.3 is 0 Å². The van der Waals surface area contributed by atoms with Crippen LogP contribution in [0, 0.1) is 6.92 Å². The molecule has 0 saturated carbocycles. The van der Waals surface area contributed by atoms with Crippen molar-refractivity contribution in [2.45, 2.75) is 26.8 Å². The summed E-state index contributed by atoms with van der Waals surface area (Å²) in [4.78, 5) is 34.4. The van der Waals surface area contributed by atoms with E-state index in [1.165, 1.54) is 6.20 Å². The molecule has 0 unspecified atom stereocenters. The van der Waals surface area contributed by atoms with E-state index in [1.807, 2.05) is 32.0 Å². The minimum Gasteiger partial charge on any atom is -0.454 e. The third-order valence-corrected chi connectivity index (χ3v) is 4.20. The Balaban J connectivity index is 1.48. The van der Waals surface area contributed by atoms with Crippen LogP contribution < -0.4 is 14.8 Å². The van der Waals surface area contributed by atoms with E-state index >= 15 is 0 Å². The van der Waals surface area contributed by atoms with Crippen LogP contribution in [0.5, 0.6) is 11.5 Å². The summed E-state index contributed by atoms with van der Waals surface area (Å²) in [5.74, 6) is 1.03. The Morgan fingerprint density at radius 2 is 2.00 bits per heavy atom. The van der Waals surface area contributed by atoms with Crippen LogP contribution in [0.3, 0.4) is 0 Å². The predicted molar refractivity (Wildman–Crippen MR) is 97.4 cm³/mol. The highest BCUT2D eigenvalue weighted by Gasteiger charge is 2.17. The molecule has 1 aliphatic heterocycles. The largest absolute Gasteiger partial charge is 0.454 e. The number of carbonyl (C=O) groups is 2. The minimum atomic E-state index is -0.228. The van der Waals surface area contributed by atoms with Crippen molar-refractivity contribution in [1.29, 1.82) is 0 Å². The van der Waals surface area contributed by atoms with Gasteiger partial charge in [-0.1, -0.05) is 6.07 Å². The van der Waals surface area contributed by atoms with E-state index in [9.17, 15) is 9.59 Å². The Morgan fingerprint density at radius 1 is 1.19 bits per heavy atom. The van der Waals surface area contributed by atoms with Gasteiger partial charge in [-0.2, -0.15) is 0 Å². The van der Waals surface area contributed by atoms with Crippen LogP contribution >= 0.6 is 0 Å². The van der Waals surface area contributed by atoms with Gasteiger partial charge in [-0.25, -0.2) is 4.98 Å². The minimum absolute atomic E-state index is 0.131. The molecule has 8 nitrogen and oxygen atoms in total. The molecule has 1 aromatic heterocycles. The van der Waals surface area contributed by atoms with E-state index in [2.05, 4.69) is 15.3 Å². The molecule has 8 heteroatoms. The van der Waals surface area contributed by atoms with E-state index in [0.29, 0.717) is 31.1 Å². The van der Waals surface area contributed by atoms with Crippen molar-refractivity contribution in [3.05, 3.63) is 47.5 Å². The van der Waals surface area contributed by atoms with Crippen molar-refractivity contribution in [1.82, 2.24) is 20.2 Å². The molecule has 2 heterocycles. The van der Waals surface area contributed by atoms with Crippen LogP contribution in [0.15, 0.2) is 30.6 Å². The third kappa shape index (κ3) is 4.72. The average molecular weight is 370 g/mol. The molecular weight excluding hydrogens is 348 g/mol. The van der Waals surface area contributed by atoms with Crippen molar-refractivity contribution in [3.63, 3.8) is 0 Å². The van der Waals surface area contributed by atoms with Crippen LogP contribution in [0.1, 0.15) is 35.1 Å². The topological polar surface area (TPSA) is 93.7 Å². The molecule has 0 fully saturated rings. The fraction of sp³-hybridized carbons (Fsp3) is 0.368. The van der Waals surface area contributed by atoms with E-state index in [-0.39, 0.29) is 30.7 Å². The summed E-state index contributed by atoms with van der Waals surface area (Å²) >= 11 is 0. The van der Waals surface area contributed by atoms with Gasteiger partial charge in [-0.05, 0) is 31.5 Å². The number of hydrogen-bond donors (Lipinski definition) is 1. The summed E-state index contributed by atoms with van der Waals surface area (Å²) < 4.78 is 10.6. The first-order chi connectivity index (χ1) is 13.1. The lowest BCUT2D eigenvalue weighted by molar-refractivity contribution is -0.121. The van der Waals surface area contributed by atoms with E-state index < -0.39 is 0 Å². The van der Waals surface area contributed by atoms with Gasteiger partial charge in [0.05, 0.1) is 11.9 Å². The van der Waals surface area contributed by atoms with Gasteiger partial charge in [0.1, 0.15) is 5.69 Å². The molecule has 0 bridgehead atoms. The van der Waals surface area contributed by atoms with Crippen molar-refractivity contribution in [3.8, 4) is 11.5 Å². The number of aromatic nitrogens is 2. The first kappa shape index (κ1) is 18.6. The summed E-state index contributed by atoms with van der Waals surface area (Å²) in [7, 11) is 0. The van der Waals surface area contributed by atoms with E-state index in [1.54, 1.807) is 11.1 Å². The Morgan fingerprint density at radius 3 is 2.74 bits per heavy atom. The molecule has 0 aliphatic carbocycles. The van der Waals surface area contributed by atoms with Crippen LogP contribution in [0.2, 0.25) is 0 Å². The molecule has 2 amide bonds. The molecule has 1 aliphatic rings. The molecule has 0 atom stereocenters. The first-order valence-electron chi connectivity index (χ1n) is 8.80. The first-order valence-corrected chi connectivity index (χ1v) is 8.80. The SMILES string of the molecule is CCN(CCC(=O)NCc1ccc2c(c1)OCO2)C(=O)c1cnc(C)cn1. The summed E-state index contributed by atoms with van der Waals surface area (Å²) in [5.41, 5.74) is 1.95. The van der Waals surface area contributed by atoms with Crippen molar-refractivity contribution in [2.75, 3.05) is 19.9 Å². The number of aryl methyl sites for hydroxylation is 1. The van der Waals surface area contributed by atoms with Gasteiger partial charge in [0.15, 0.2) is 11.5 Å². The lowest BCUT2D eigenvalue weighted by atomic mass is 10.2. The van der Waals surface area contributed by atoms with Crippen molar-refractivity contribution < 1.29 is 19.1 Å². The lowest BCUT2D eigenvalue weighted by Gasteiger charge is -2.20. The quantitative estimate of drug-likeness (QED) is 0.797. The highest BCUT2D eigenvalue weighted by molar-refractivity contribution is 5.92. The Bertz CT molecular complexity index is 823. The molecule has 142 valence electrons. The Labute approximate surface area is 157 Å². The summed E-state index contributed by atoms with van der Waals surface area (Å²) in [5, 5.41) is 2.85. The number of ether oxygens (including phenoxy) is 2. The maximum atomic E-state index is 12.5. The van der Waals surface area contributed by atoms with Gasteiger partial charge in [-0.15, -0.1) is 0 Å². The monoisotopic (exact) mass is 370 g/mol. The fourth-order valence-corrected chi connectivity index (χ4v) is 2.64. The maximum Gasteiger partial charge on any atom is 0.274 e. The van der Waals surface area contributed by atoms with Crippen LogP contribution in [-0.2, 0) is 11.3 Å². The van der Waals surface area contributed by atoms with Gasteiger partial charge in [0.2, 0.25) is 12.7 Å². The number of hydrogen-bond acceptors (Lipinski definition) is 6. The van der Waals surface area contributed by atoms with Crippen molar-refractivity contribution in [2.24, 2.45) is 0 Å². The van der Waals surface area contributed by atoms with Crippen LogP contribution in [0.25, 0.3) is 0 Å². The average Bonchev–Trinajstić information content (AvgIpc) is 3.15. The number of nitrogens with one attached hydrogen (secondary N) is 1. The van der Waals surface area contributed by atoms with Crippen molar-refractivity contribution >= 4 is 11.8 Å². The fourth-order valence-electron chi connectivity index (χ4n) is 2.64. The number of benzene rings is 1. The molecule has 0 saturated heterocycles. The zero-order valence-electron chi connectivity index (χ0n) is 15.4. The normalized spacial score (nSPS) is 11.9. The zero-order valence-corrected chi connectivity index (χ0v) is 15.4. The molecular formula is C19H22N4O4. The number of fused-ring (bicyclic) bond motifs is 1. The Kier molecular flexibility index (Phi) is 5.85. The van der Waals surface area contributed by atoms with Gasteiger partial charge < -0.3 is 19.7 Å². The lowest BCUT2D eigenvalue weighted by Crippen LogP contribution is -2.35. The second kappa shape index (κ2) is 8.48. The molecule has 3 rings (SSSR count). The number of amides is 2. The standard InChI is InChI=1S/C19H22N4O4/c1-3-23(19(25)15-11-20-13(2)9-21-15)7-6-18(24)22-10-14-4-5-16-17(8-14)27-12-26-16/h4-5,8-9,11H,3,6-7,10,12H2,1-2H3,(H,22,24). The number of carbonyl (C=O) groups excluding carboxylic acids is 2. The van der Waals surface area contributed by atoms with Gasteiger partial charge in [0.25, 0.3) is 5.91 Å². The molecule has 0 radical (unpaired) electrons. The predicted octanol–water partition coefficient (Wildman–Crippen LogP) is 1.68.